The summed E-state index contributed by atoms with van der Waals surface area (Å²) < 4.78 is 30.8. The van der Waals surface area contributed by atoms with E-state index in [1.165, 1.54) is 0 Å². The fraction of sp³-hybridized carbons (Fsp3) is 0.900. The minimum Gasteiger partial charge on any atom is -0.465 e. The standard InChI is InChI=1S/C10H19ClO5S/c1-9(2,3)8(12)15-6-10(4,5)7-16-17(11,13)14/h6-7H2,1-5H3. The first-order valence-corrected chi connectivity index (χ1v) is 7.33. The molecule has 0 rings (SSSR count). The second-order valence-corrected chi connectivity index (χ2v) is 7.80. The number of carbonyl (C=O) groups excluding carboxylic acids is 1. The first-order valence-electron chi connectivity index (χ1n) is 5.10. The van der Waals surface area contributed by atoms with Crippen LogP contribution >= 0.6 is 10.7 Å². The number of hydrogen-bond donors (Lipinski definition) is 0. The predicted octanol–water partition coefficient (Wildman–Crippen LogP) is 2.10. The maximum absolute atomic E-state index is 11.5. The van der Waals surface area contributed by atoms with Crippen LogP contribution in [0.2, 0.25) is 0 Å². The van der Waals surface area contributed by atoms with Crippen molar-refractivity contribution in [3.63, 3.8) is 0 Å². The summed E-state index contributed by atoms with van der Waals surface area (Å²) in [4.78, 5) is 11.5. The van der Waals surface area contributed by atoms with Crippen LogP contribution in [0.5, 0.6) is 0 Å². The van der Waals surface area contributed by atoms with E-state index in [2.05, 4.69) is 4.18 Å². The largest absolute Gasteiger partial charge is 0.465 e. The van der Waals surface area contributed by atoms with E-state index >= 15 is 0 Å². The molecular weight excluding hydrogens is 268 g/mol. The molecule has 0 amide bonds. The molecule has 0 atom stereocenters. The second-order valence-electron chi connectivity index (χ2n) is 5.65. The summed E-state index contributed by atoms with van der Waals surface area (Å²) in [5.41, 5.74) is -1.21. The van der Waals surface area contributed by atoms with Gasteiger partial charge in [-0.25, -0.2) is 0 Å². The Morgan fingerprint density at radius 1 is 1.12 bits per heavy atom. The van der Waals surface area contributed by atoms with Crippen LogP contribution in [0.3, 0.4) is 0 Å². The van der Waals surface area contributed by atoms with Gasteiger partial charge in [-0.15, -0.1) is 0 Å². The molecule has 5 nitrogen and oxygen atoms in total. The summed E-state index contributed by atoms with van der Waals surface area (Å²) in [6, 6.07) is 0. The van der Waals surface area contributed by atoms with Crippen LogP contribution in [0.1, 0.15) is 34.6 Å². The molecule has 17 heavy (non-hydrogen) atoms. The zero-order chi connectivity index (χ0) is 13.9. The Labute approximate surface area is 107 Å². The zero-order valence-corrected chi connectivity index (χ0v) is 12.3. The second kappa shape index (κ2) is 5.54. The van der Waals surface area contributed by atoms with E-state index in [-0.39, 0.29) is 19.2 Å². The Bertz CT molecular complexity index is 367. The fourth-order valence-electron chi connectivity index (χ4n) is 0.749. The predicted molar refractivity (Wildman–Crippen MR) is 64.9 cm³/mol. The molecular formula is C10H19ClO5S. The van der Waals surface area contributed by atoms with E-state index in [1.54, 1.807) is 34.6 Å². The normalized spacial score (nSPS) is 13.5. The third-order valence-corrected chi connectivity index (χ3v) is 2.46. The maximum Gasteiger partial charge on any atom is 0.355 e. The molecule has 102 valence electrons. The average Bonchev–Trinajstić information content (AvgIpc) is 2.09. The first kappa shape index (κ1) is 16.7. The Morgan fingerprint density at radius 2 is 1.59 bits per heavy atom. The number of esters is 1. The molecule has 0 unspecified atom stereocenters. The van der Waals surface area contributed by atoms with Gasteiger partial charge in [0.1, 0.15) is 0 Å². The fourth-order valence-corrected chi connectivity index (χ4v) is 1.34. The summed E-state index contributed by atoms with van der Waals surface area (Å²) in [5.74, 6) is -0.348. The lowest BCUT2D eigenvalue weighted by molar-refractivity contribution is -0.156. The van der Waals surface area contributed by atoms with Crippen LogP contribution in [0.25, 0.3) is 0 Å². The maximum atomic E-state index is 11.5. The first-order chi connectivity index (χ1) is 7.33. The molecule has 7 heteroatoms. The molecule has 0 aromatic heterocycles. The summed E-state index contributed by atoms with van der Waals surface area (Å²) in [6.45, 7) is 8.56. The zero-order valence-electron chi connectivity index (χ0n) is 10.7. The minimum absolute atomic E-state index is 0.0650. The van der Waals surface area contributed by atoms with Crippen molar-refractivity contribution in [2.75, 3.05) is 13.2 Å². The van der Waals surface area contributed by atoms with E-state index in [0.717, 1.165) is 0 Å². The van der Waals surface area contributed by atoms with Crippen LogP contribution in [-0.2, 0) is 23.0 Å². The van der Waals surface area contributed by atoms with Gasteiger partial charge in [-0.2, -0.15) is 8.42 Å². The van der Waals surface area contributed by atoms with Gasteiger partial charge in [-0.1, -0.05) is 13.8 Å². The van der Waals surface area contributed by atoms with Crippen molar-refractivity contribution in [2.45, 2.75) is 34.6 Å². The van der Waals surface area contributed by atoms with Gasteiger partial charge in [0.25, 0.3) is 0 Å². The van der Waals surface area contributed by atoms with Crippen LogP contribution in [0.15, 0.2) is 0 Å². The highest BCUT2D eigenvalue weighted by atomic mass is 35.7. The lowest BCUT2D eigenvalue weighted by Crippen LogP contribution is -2.31. The molecule has 0 aliphatic rings. The number of ether oxygens (including phenoxy) is 1. The van der Waals surface area contributed by atoms with Crippen LogP contribution in [-0.4, -0.2) is 27.6 Å². The molecule has 0 bridgehead atoms. The number of hydrogen-bond acceptors (Lipinski definition) is 5. The summed E-state index contributed by atoms with van der Waals surface area (Å²) >= 11 is 0. The average molecular weight is 287 g/mol. The van der Waals surface area contributed by atoms with Gasteiger partial charge < -0.3 is 4.74 Å². The molecule has 0 saturated heterocycles. The van der Waals surface area contributed by atoms with Crippen LogP contribution in [0.4, 0.5) is 0 Å². The van der Waals surface area contributed by atoms with Gasteiger partial charge in [-0.3, -0.25) is 8.98 Å². The van der Waals surface area contributed by atoms with Crippen LogP contribution in [0, 0.1) is 10.8 Å². The van der Waals surface area contributed by atoms with Crippen LogP contribution < -0.4 is 0 Å². The molecule has 0 heterocycles. The van der Waals surface area contributed by atoms with E-state index < -0.39 is 20.2 Å². The lowest BCUT2D eigenvalue weighted by Gasteiger charge is -2.25. The number of halogens is 1. The Kier molecular flexibility index (Phi) is 5.43. The highest BCUT2D eigenvalue weighted by Crippen LogP contribution is 2.21. The highest BCUT2D eigenvalue weighted by Gasteiger charge is 2.28. The molecule has 0 aromatic rings. The molecule has 0 aliphatic heterocycles. The molecule has 0 aromatic carbocycles. The molecule has 0 aliphatic carbocycles. The minimum atomic E-state index is -3.99. The Balaban J connectivity index is 4.24. The molecule has 0 radical (unpaired) electrons. The van der Waals surface area contributed by atoms with E-state index in [0.29, 0.717) is 0 Å². The number of carbonyl (C=O) groups is 1. The Morgan fingerprint density at radius 3 is 1.94 bits per heavy atom. The third-order valence-electron chi connectivity index (χ3n) is 1.80. The molecule has 0 spiro atoms. The van der Waals surface area contributed by atoms with Crippen molar-refractivity contribution in [2.24, 2.45) is 10.8 Å². The van der Waals surface area contributed by atoms with Gasteiger partial charge in [0.15, 0.2) is 0 Å². The smallest absolute Gasteiger partial charge is 0.355 e. The quantitative estimate of drug-likeness (QED) is 0.572. The summed E-state index contributed by atoms with van der Waals surface area (Å²) in [5, 5.41) is 0. The van der Waals surface area contributed by atoms with Crippen molar-refractivity contribution in [1.29, 1.82) is 0 Å². The van der Waals surface area contributed by atoms with Crippen molar-refractivity contribution in [3.8, 4) is 0 Å². The molecule has 0 N–H and O–H groups in total. The van der Waals surface area contributed by atoms with E-state index in [9.17, 15) is 13.2 Å². The van der Waals surface area contributed by atoms with Gasteiger partial charge in [0.05, 0.1) is 18.6 Å². The Hall–Kier alpha value is -0.330. The summed E-state index contributed by atoms with van der Waals surface area (Å²) in [7, 11) is 0.924. The topological polar surface area (TPSA) is 69.7 Å². The van der Waals surface area contributed by atoms with Crippen molar-refractivity contribution >= 4 is 26.0 Å². The van der Waals surface area contributed by atoms with Crippen molar-refractivity contribution < 1.29 is 22.1 Å². The third kappa shape index (κ3) is 8.40. The van der Waals surface area contributed by atoms with Gasteiger partial charge in [0.2, 0.25) is 0 Å². The van der Waals surface area contributed by atoms with Gasteiger partial charge in [-0.05, 0) is 20.8 Å². The van der Waals surface area contributed by atoms with Crippen molar-refractivity contribution in [3.05, 3.63) is 0 Å². The molecule has 0 fully saturated rings. The monoisotopic (exact) mass is 286 g/mol. The van der Waals surface area contributed by atoms with E-state index in [4.69, 9.17) is 15.4 Å². The SMILES string of the molecule is CC(C)(COC(=O)C(C)(C)C)COS(=O)(=O)Cl. The van der Waals surface area contributed by atoms with Gasteiger partial charge in [0, 0.05) is 16.1 Å². The molecule has 0 saturated carbocycles. The van der Waals surface area contributed by atoms with Gasteiger partial charge >= 0.3 is 15.3 Å². The van der Waals surface area contributed by atoms with E-state index in [1.807, 2.05) is 0 Å². The number of rotatable bonds is 5. The lowest BCUT2D eigenvalue weighted by atomic mass is 9.95. The van der Waals surface area contributed by atoms with Crippen molar-refractivity contribution in [1.82, 2.24) is 0 Å². The summed E-state index contributed by atoms with van der Waals surface area (Å²) in [6.07, 6.45) is 0. The highest BCUT2D eigenvalue weighted by molar-refractivity contribution is 8.09.